The topological polar surface area (TPSA) is 29.3 Å². The zero-order valence-corrected chi connectivity index (χ0v) is 9.78. The van der Waals surface area contributed by atoms with Crippen molar-refractivity contribution in [3.05, 3.63) is 53.6 Å². The number of halogens is 1. The zero-order valence-electron chi connectivity index (χ0n) is 9.02. The first-order valence-corrected chi connectivity index (χ1v) is 5.40. The van der Waals surface area contributed by atoms with E-state index in [1.165, 1.54) is 0 Å². The van der Waals surface area contributed by atoms with Crippen LogP contribution in [-0.2, 0) is 0 Å². The Bertz CT molecular complexity index is 497. The first-order chi connectivity index (χ1) is 7.68. The molecule has 0 atom stereocenters. The summed E-state index contributed by atoms with van der Waals surface area (Å²) in [6.45, 7) is 0. The van der Waals surface area contributed by atoms with Gasteiger partial charge < -0.3 is 10.6 Å². The molecule has 0 radical (unpaired) electrons. The Balaban J connectivity index is 2.39. The number of hydrogen-bond acceptors (Lipinski definition) is 2. The van der Waals surface area contributed by atoms with Crippen LogP contribution in [0.25, 0.3) is 0 Å². The molecule has 0 unspecified atom stereocenters. The minimum absolute atomic E-state index is 0.729. The minimum Gasteiger partial charge on any atom is -0.399 e. The highest BCUT2D eigenvalue weighted by Crippen LogP contribution is 2.30. The van der Waals surface area contributed by atoms with Gasteiger partial charge in [0.2, 0.25) is 0 Å². The smallest absolute Gasteiger partial charge is 0.0642 e. The van der Waals surface area contributed by atoms with E-state index in [2.05, 4.69) is 0 Å². The summed E-state index contributed by atoms with van der Waals surface area (Å²) in [6.07, 6.45) is 0. The summed E-state index contributed by atoms with van der Waals surface area (Å²) in [5.41, 5.74) is 8.49. The van der Waals surface area contributed by atoms with Gasteiger partial charge in [0.05, 0.1) is 10.7 Å². The van der Waals surface area contributed by atoms with Crippen molar-refractivity contribution in [3.8, 4) is 0 Å². The minimum atomic E-state index is 0.729. The molecule has 0 aliphatic carbocycles. The molecule has 0 fully saturated rings. The van der Waals surface area contributed by atoms with Crippen LogP contribution in [0.3, 0.4) is 0 Å². The molecule has 0 aliphatic heterocycles. The molecule has 0 saturated carbocycles. The lowest BCUT2D eigenvalue weighted by Gasteiger charge is -2.20. The van der Waals surface area contributed by atoms with Crippen LogP contribution in [0.4, 0.5) is 17.1 Å². The molecule has 0 spiro atoms. The van der Waals surface area contributed by atoms with E-state index in [1.54, 1.807) is 0 Å². The van der Waals surface area contributed by atoms with Crippen LogP contribution in [0.5, 0.6) is 0 Å². The van der Waals surface area contributed by atoms with Gasteiger partial charge in [0.1, 0.15) is 0 Å². The fraction of sp³-hybridized carbons (Fsp3) is 0.0769. The Morgan fingerprint density at radius 3 is 2.50 bits per heavy atom. The molecule has 2 N–H and O–H groups in total. The highest BCUT2D eigenvalue weighted by atomic mass is 35.5. The summed E-state index contributed by atoms with van der Waals surface area (Å²) >= 11 is 6.14. The van der Waals surface area contributed by atoms with Crippen molar-refractivity contribution in [2.24, 2.45) is 0 Å². The highest BCUT2D eigenvalue weighted by molar-refractivity contribution is 6.33. The van der Waals surface area contributed by atoms with Crippen LogP contribution in [0.15, 0.2) is 48.5 Å². The fourth-order valence-electron chi connectivity index (χ4n) is 1.60. The van der Waals surface area contributed by atoms with Crippen molar-refractivity contribution >= 4 is 28.7 Å². The third-order valence-corrected chi connectivity index (χ3v) is 2.79. The van der Waals surface area contributed by atoms with Crippen molar-refractivity contribution < 1.29 is 0 Å². The van der Waals surface area contributed by atoms with E-state index in [1.807, 2.05) is 60.5 Å². The molecule has 2 aromatic rings. The molecule has 2 rings (SSSR count). The quantitative estimate of drug-likeness (QED) is 0.801. The van der Waals surface area contributed by atoms with Crippen molar-refractivity contribution in [1.82, 2.24) is 0 Å². The molecule has 0 aliphatic rings. The van der Waals surface area contributed by atoms with Crippen LogP contribution in [0.2, 0.25) is 5.02 Å². The predicted octanol–water partition coefficient (Wildman–Crippen LogP) is 3.69. The number of rotatable bonds is 2. The van der Waals surface area contributed by atoms with Gasteiger partial charge >= 0.3 is 0 Å². The summed E-state index contributed by atoms with van der Waals surface area (Å²) < 4.78 is 0. The zero-order chi connectivity index (χ0) is 11.5. The maximum atomic E-state index is 6.14. The Kier molecular flexibility index (Phi) is 3.02. The maximum Gasteiger partial charge on any atom is 0.0642 e. The molecule has 3 heteroatoms. The average molecular weight is 233 g/mol. The SMILES string of the molecule is CN(c1cccc(N)c1)c1ccccc1Cl. The third-order valence-electron chi connectivity index (χ3n) is 2.47. The molecule has 82 valence electrons. The number of nitrogens with two attached hydrogens (primary N) is 1. The second kappa shape index (κ2) is 4.45. The van der Waals surface area contributed by atoms with Gasteiger partial charge in [-0.3, -0.25) is 0 Å². The lowest BCUT2D eigenvalue weighted by Crippen LogP contribution is -2.09. The van der Waals surface area contributed by atoms with Crippen LogP contribution >= 0.6 is 11.6 Å². The molecule has 0 heterocycles. The monoisotopic (exact) mass is 232 g/mol. The van der Waals surface area contributed by atoms with Gasteiger partial charge in [0.25, 0.3) is 0 Å². The number of hydrogen-bond donors (Lipinski definition) is 1. The second-order valence-electron chi connectivity index (χ2n) is 3.61. The maximum absolute atomic E-state index is 6.14. The van der Waals surface area contributed by atoms with Gasteiger partial charge in [-0.15, -0.1) is 0 Å². The molecular weight excluding hydrogens is 220 g/mol. The number of nitrogen functional groups attached to an aromatic ring is 1. The summed E-state index contributed by atoms with van der Waals surface area (Å²) in [4.78, 5) is 2.01. The normalized spacial score (nSPS) is 10.1. The van der Waals surface area contributed by atoms with Crippen LogP contribution in [0.1, 0.15) is 0 Å². The average Bonchev–Trinajstić information content (AvgIpc) is 2.29. The standard InChI is InChI=1S/C13H13ClN2/c1-16(11-6-4-5-10(15)9-11)13-8-3-2-7-12(13)14/h2-9H,15H2,1H3. The number of nitrogens with zero attached hydrogens (tertiary/aromatic N) is 1. The Morgan fingerprint density at radius 2 is 1.81 bits per heavy atom. The van der Waals surface area contributed by atoms with E-state index in [-0.39, 0.29) is 0 Å². The summed E-state index contributed by atoms with van der Waals surface area (Å²) in [5, 5.41) is 0.729. The molecule has 2 aromatic carbocycles. The number of anilines is 3. The lowest BCUT2D eigenvalue weighted by molar-refractivity contribution is 1.21. The molecule has 0 saturated heterocycles. The Morgan fingerprint density at radius 1 is 1.06 bits per heavy atom. The van der Waals surface area contributed by atoms with Crippen molar-refractivity contribution in [2.45, 2.75) is 0 Å². The first kappa shape index (κ1) is 10.8. The van der Waals surface area contributed by atoms with Crippen LogP contribution in [-0.4, -0.2) is 7.05 Å². The van der Waals surface area contributed by atoms with E-state index in [0.717, 1.165) is 22.1 Å². The van der Waals surface area contributed by atoms with Gasteiger partial charge in [0, 0.05) is 18.4 Å². The van der Waals surface area contributed by atoms with Crippen LogP contribution < -0.4 is 10.6 Å². The lowest BCUT2D eigenvalue weighted by atomic mass is 10.2. The molecule has 0 aromatic heterocycles. The summed E-state index contributed by atoms with van der Waals surface area (Å²) in [5.74, 6) is 0. The van der Waals surface area contributed by atoms with E-state index in [0.29, 0.717) is 0 Å². The van der Waals surface area contributed by atoms with E-state index in [9.17, 15) is 0 Å². The second-order valence-corrected chi connectivity index (χ2v) is 4.01. The van der Waals surface area contributed by atoms with Gasteiger partial charge in [-0.05, 0) is 30.3 Å². The molecule has 2 nitrogen and oxygen atoms in total. The third kappa shape index (κ3) is 2.12. The first-order valence-electron chi connectivity index (χ1n) is 5.02. The molecule has 0 bridgehead atoms. The Labute approximate surface area is 100 Å². The summed E-state index contributed by atoms with van der Waals surface area (Å²) in [7, 11) is 1.97. The highest BCUT2D eigenvalue weighted by Gasteiger charge is 2.06. The predicted molar refractivity (Wildman–Crippen MR) is 70.4 cm³/mol. The van der Waals surface area contributed by atoms with Gasteiger partial charge in [-0.25, -0.2) is 0 Å². The fourth-order valence-corrected chi connectivity index (χ4v) is 1.86. The molecular formula is C13H13ClN2. The molecule has 16 heavy (non-hydrogen) atoms. The van der Waals surface area contributed by atoms with E-state index < -0.39 is 0 Å². The summed E-state index contributed by atoms with van der Waals surface area (Å²) in [6, 6.07) is 15.4. The van der Waals surface area contributed by atoms with Crippen molar-refractivity contribution in [1.29, 1.82) is 0 Å². The van der Waals surface area contributed by atoms with Crippen molar-refractivity contribution in [2.75, 3.05) is 17.7 Å². The Hall–Kier alpha value is -1.67. The molecule has 0 amide bonds. The van der Waals surface area contributed by atoms with Crippen LogP contribution in [0, 0.1) is 0 Å². The number of para-hydroxylation sites is 1. The van der Waals surface area contributed by atoms with Gasteiger partial charge in [0.15, 0.2) is 0 Å². The van der Waals surface area contributed by atoms with E-state index in [4.69, 9.17) is 17.3 Å². The number of benzene rings is 2. The van der Waals surface area contributed by atoms with Gasteiger partial charge in [-0.1, -0.05) is 29.8 Å². The largest absolute Gasteiger partial charge is 0.399 e. The van der Waals surface area contributed by atoms with Crippen molar-refractivity contribution in [3.63, 3.8) is 0 Å². The van der Waals surface area contributed by atoms with E-state index >= 15 is 0 Å². The van der Waals surface area contributed by atoms with Gasteiger partial charge in [-0.2, -0.15) is 0 Å².